The van der Waals surface area contributed by atoms with Gasteiger partial charge in [-0.25, -0.2) is 0 Å². The number of aromatic nitrogens is 2. The summed E-state index contributed by atoms with van der Waals surface area (Å²) in [4.78, 5) is 0. The molecule has 80 valence electrons. The lowest BCUT2D eigenvalue weighted by molar-refractivity contribution is 0.678. The molecule has 0 aliphatic rings. The molecule has 0 aliphatic carbocycles. The van der Waals surface area contributed by atoms with E-state index in [0.717, 1.165) is 11.3 Å². The summed E-state index contributed by atoms with van der Waals surface area (Å²) in [7, 11) is 0. The van der Waals surface area contributed by atoms with E-state index in [-0.39, 0.29) is 0 Å². The highest BCUT2D eigenvalue weighted by Crippen LogP contribution is 2.10. The average Bonchev–Trinajstić information content (AvgIpc) is 2.59. The number of nitriles is 1. The van der Waals surface area contributed by atoms with E-state index in [1.54, 1.807) is 0 Å². The van der Waals surface area contributed by atoms with Crippen molar-refractivity contribution in [2.75, 3.05) is 0 Å². The summed E-state index contributed by atoms with van der Waals surface area (Å²) in [6.07, 6.45) is 2.00. The average molecular weight is 211 g/mol. The fraction of sp³-hybridized carbons (Fsp3) is 0.231. The van der Waals surface area contributed by atoms with E-state index >= 15 is 0 Å². The van der Waals surface area contributed by atoms with Gasteiger partial charge < -0.3 is 0 Å². The number of hydrogen-bond acceptors (Lipinski definition) is 2. The summed E-state index contributed by atoms with van der Waals surface area (Å²) in [6.45, 7) is 4.68. The van der Waals surface area contributed by atoms with Crippen LogP contribution in [-0.4, -0.2) is 9.78 Å². The Kier molecular flexibility index (Phi) is 2.74. The summed E-state index contributed by atoms with van der Waals surface area (Å²) in [6, 6.07) is 9.81. The molecule has 0 atom stereocenters. The molecule has 0 spiro atoms. The predicted molar refractivity (Wildman–Crippen MR) is 62.0 cm³/mol. The standard InChI is InChI=1S/C13H13N3/c1-10-8-16(15-11(10)2)9-13-6-4-3-5-12(13)7-14/h3-6,8H,9H2,1-2H3. The maximum atomic E-state index is 8.98. The van der Waals surface area contributed by atoms with Crippen LogP contribution >= 0.6 is 0 Å². The highest BCUT2D eigenvalue weighted by Gasteiger charge is 2.04. The van der Waals surface area contributed by atoms with Gasteiger partial charge in [0.2, 0.25) is 0 Å². The molecule has 0 fully saturated rings. The Morgan fingerprint density at radius 2 is 2.06 bits per heavy atom. The van der Waals surface area contributed by atoms with Crippen LogP contribution in [0.5, 0.6) is 0 Å². The fourth-order valence-electron chi connectivity index (χ4n) is 1.64. The highest BCUT2D eigenvalue weighted by atomic mass is 15.3. The van der Waals surface area contributed by atoms with E-state index in [1.807, 2.05) is 49.0 Å². The van der Waals surface area contributed by atoms with Crippen LogP contribution in [0.3, 0.4) is 0 Å². The minimum absolute atomic E-state index is 0.651. The van der Waals surface area contributed by atoms with E-state index in [9.17, 15) is 0 Å². The van der Waals surface area contributed by atoms with Crippen molar-refractivity contribution in [2.24, 2.45) is 0 Å². The second-order valence-corrected chi connectivity index (χ2v) is 3.86. The summed E-state index contributed by atoms with van der Waals surface area (Å²) in [5, 5.41) is 13.4. The molecule has 16 heavy (non-hydrogen) atoms. The third-order valence-corrected chi connectivity index (χ3v) is 2.66. The van der Waals surface area contributed by atoms with Crippen LogP contribution in [0.4, 0.5) is 0 Å². The van der Waals surface area contributed by atoms with Crippen LogP contribution in [0, 0.1) is 25.2 Å². The second kappa shape index (κ2) is 4.19. The number of rotatable bonds is 2. The molecule has 0 saturated heterocycles. The molecule has 2 aromatic rings. The first kappa shape index (κ1) is 10.4. The first-order valence-electron chi connectivity index (χ1n) is 5.19. The summed E-state index contributed by atoms with van der Waals surface area (Å²) < 4.78 is 1.88. The zero-order valence-electron chi connectivity index (χ0n) is 9.44. The molecule has 2 rings (SSSR count). The van der Waals surface area contributed by atoms with Crippen LogP contribution in [0.15, 0.2) is 30.5 Å². The monoisotopic (exact) mass is 211 g/mol. The van der Waals surface area contributed by atoms with E-state index in [1.165, 1.54) is 5.56 Å². The van der Waals surface area contributed by atoms with Gasteiger partial charge in [0.1, 0.15) is 0 Å². The third kappa shape index (κ3) is 1.96. The molecule has 0 amide bonds. The van der Waals surface area contributed by atoms with Gasteiger partial charge in [-0.05, 0) is 31.0 Å². The molecule has 3 heteroatoms. The normalized spacial score (nSPS) is 10.1. The van der Waals surface area contributed by atoms with Crippen molar-refractivity contribution in [3.63, 3.8) is 0 Å². The predicted octanol–water partition coefficient (Wildman–Crippen LogP) is 2.42. The van der Waals surface area contributed by atoms with Crippen LogP contribution in [-0.2, 0) is 6.54 Å². The number of nitrogens with zero attached hydrogens (tertiary/aromatic N) is 3. The van der Waals surface area contributed by atoms with Crippen LogP contribution in [0.2, 0.25) is 0 Å². The van der Waals surface area contributed by atoms with Gasteiger partial charge in [0.25, 0.3) is 0 Å². The zero-order chi connectivity index (χ0) is 11.5. The van der Waals surface area contributed by atoms with Gasteiger partial charge in [-0.1, -0.05) is 18.2 Å². The van der Waals surface area contributed by atoms with Crippen LogP contribution in [0.25, 0.3) is 0 Å². The van der Waals surface area contributed by atoms with E-state index in [4.69, 9.17) is 5.26 Å². The second-order valence-electron chi connectivity index (χ2n) is 3.86. The smallest absolute Gasteiger partial charge is 0.0995 e. The molecule has 0 N–H and O–H groups in total. The first-order chi connectivity index (χ1) is 7.70. The minimum atomic E-state index is 0.651. The minimum Gasteiger partial charge on any atom is -0.268 e. The summed E-state index contributed by atoms with van der Waals surface area (Å²) in [5.41, 5.74) is 3.93. The van der Waals surface area contributed by atoms with Crippen molar-refractivity contribution in [2.45, 2.75) is 20.4 Å². The van der Waals surface area contributed by atoms with Crippen molar-refractivity contribution in [1.82, 2.24) is 9.78 Å². The maximum Gasteiger partial charge on any atom is 0.0995 e. The van der Waals surface area contributed by atoms with Gasteiger partial charge in [0.15, 0.2) is 0 Å². The Balaban J connectivity index is 2.31. The Hall–Kier alpha value is -2.08. The molecule has 1 aromatic heterocycles. The Labute approximate surface area is 94.9 Å². The zero-order valence-corrected chi connectivity index (χ0v) is 9.44. The molecule has 0 saturated carbocycles. The van der Waals surface area contributed by atoms with E-state index in [2.05, 4.69) is 11.2 Å². The first-order valence-corrected chi connectivity index (χ1v) is 5.19. The lowest BCUT2D eigenvalue weighted by Crippen LogP contribution is -2.02. The van der Waals surface area contributed by atoms with Gasteiger partial charge in [-0.15, -0.1) is 0 Å². The van der Waals surface area contributed by atoms with E-state index in [0.29, 0.717) is 12.1 Å². The quantitative estimate of drug-likeness (QED) is 0.765. The van der Waals surface area contributed by atoms with Gasteiger partial charge >= 0.3 is 0 Å². The highest BCUT2D eigenvalue weighted by molar-refractivity contribution is 5.37. The largest absolute Gasteiger partial charge is 0.268 e. The van der Waals surface area contributed by atoms with Crippen molar-refractivity contribution < 1.29 is 0 Å². The van der Waals surface area contributed by atoms with Crippen molar-refractivity contribution in [1.29, 1.82) is 5.26 Å². The molecule has 1 aromatic carbocycles. The van der Waals surface area contributed by atoms with Crippen LogP contribution < -0.4 is 0 Å². The molecule has 0 bridgehead atoms. The van der Waals surface area contributed by atoms with Gasteiger partial charge in [0.05, 0.1) is 23.9 Å². The van der Waals surface area contributed by atoms with Gasteiger partial charge in [0, 0.05) is 6.20 Å². The van der Waals surface area contributed by atoms with Gasteiger partial charge in [-0.3, -0.25) is 4.68 Å². The Morgan fingerprint density at radius 1 is 1.31 bits per heavy atom. The third-order valence-electron chi connectivity index (χ3n) is 2.66. The number of hydrogen-bond donors (Lipinski definition) is 0. The lowest BCUT2D eigenvalue weighted by atomic mass is 10.1. The van der Waals surface area contributed by atoms with Gasteiger partial charge in [-0.2, -0.15) is 10.4 Å². The van der Waals surface area contributed by atoms with Crippen LogP contribution in [0.1, 0.15) is 22.4 Å². The molecule has 1 heterocycles. The van der Waals surface area contributed by atoms with E-state index < -0.39 is 0 Å². The maximum absolute atomic E-state index is 8.98. The molecular formula is C13H13N3. The Bertz CT molecular complexity index is 527. The van der Waals surface area contributed by atoms with Crippen molar-refractivity contribution >= 4 is 0 Å². The molecule has 0 unspecified atom stereocenters. The number of benzene rings is 1. The molecular weight excluding hydrogens is 198 g/mol. The number of aryl methyl sites for hydroxylation is 2. The molecule has 0 aliphatic heterocycles. The fourth-order valence-corrected chi connectivity index (χ4v) is 1.64. The molecule has 0 radical (unpaired) electrons. The topological polar surface area (TPSA) is 41.6 Å². The lowest BCUT2D eigenvalue weighted by Gasteiger charge is -2.03. The molecule has 3 nitrogen and oxygen atoms in total. The van der Waals surface area contributed by atoms with Crippen molar-refractivity contribution in [3.8, 4) is 6.07 Å². The SMILES string of the molecule is Cc1cn(Cc2ccccc2C#N)nc1C. The summed E-state index contributed by atoms with van der Waals surface area (Å²) >= 11 is 0. The summed E-state index contributed by atoms with van der Waals surface area (Å²) in [5.74, 6) is 0. The van der Waals surface area contributed by atoms with Crippen molar-refractivity contribution in [3.05, 3.63) is 52.8 Å². The Morgan fingerprint density at radius 3 is 2.69 bits per heavy atom.